The monoisotopic (exact) mass is 239 g/mol. The molecule has 1 aromatic heterocycles. The van der Waals surface area contributed by atoms with E-state index in [9.17, 15) is 0 Å². The van der Waals surface area contributed by atoms with E-state index in [4.69, 9.17) is 11.6 Å². The summed E-state index contributed by atoms with van der Waals surface area (Å²) in [5.74, 6) is 0.826. The van der Waals surface area contributed by atoms with Crippen molar-refractivity contribution in [2.24, 2.45) is 5.41 Å². The number of nitrogens with one attached hydrogen (secondary N) is 1. The number of aromatic nitrogens is 2. The highest BCUT2D eigenvalue weighted by Gasteiger charge is 2.27. The second kappa shape index (κ2) is 4.58. The maximum atomic E-state index is 5.70. The van der Waals surface area contributed by atoms with Crippen molar-refractivity contribution in [1.82, 2.24) is 10.2 Å². The highest BCUT2D eigenvalue weighted by atomic mass is 35.5. The molecule has 0 aromatic carbocycles. The Kier molecular flexibility index (Phi) is 3.33. The predicted octanol–water partition coefficient (Wildman–Crippen LogP) is 3.51. The molecule has 0 bridgehead atoms. The topological polar surface area (TPSA) is 37.8 Å². The lowest BCUT2D eigenvalue weighted by Crippen LogP contribution is -2.32. The third kappa shape index (κ3) is 3.08. The molecule has 1 fully saturated rings. The fourth-order valence-corrected chi connectivity index (χ4v) is 2.52. The summed E-state index contributed by atoms with van der Waals surface area (Å²) in [6.07, 6.45) is 5.01. The van der Waals surface area contributed by atoms with Crippen LogP contribution in [0.15, 0.2) is 12.1 Å². The van der Waals surface area contributed by atoms with E-state index in [0.29, 0.717) is 16.6 Å². The molecule has 0 amide bonds. The van der Waals surface area contributed by atoms with Gasteiger partial charge in [-0.05, 0) is 36.8 Å². The van der Waals surface area contributed by atoms with Crippen LogP contribution in [0.1, 0.15) is 39.5 Å². The first-order valence-corrected chi connectivity index (χ1v) is 6.19. The van der Waals surface area contributed by atoms with Crippen molar-refractivity contribution in [3.05, 3.63) is 17.3 Å². The predicted molar refractivity (Wildman–Crippen MR) is 66.7 cm³/mol. The van der Waals surface area contributed by atoms with Gasteiger partial charge in [0.1, 0.15) is 5.82 Å². The van der Waals surface area contributed by atoms with Crippen LogP contribution in [-0.4, -0.2) is 16.2 Å². The lowest BCUT2D eigenvalue weighted by molar-refractivity contribution is 0.229. The minimum atomic E-state index is 0.439. The molecule has 1 heterocycles. The minimum absolute atomic E-state index is 0.439. The van der Waals surface area contributed by atoms with Gasteiger partial charge in [0.25, 0.3) is 0 Å². The molecule has 88 valence electrons. The van der Waals surface area contributed by atoms with Gasteiger partial charge in [0.15, 0.2) is 5.15 Å². The number of hydrogen-bond acceptors (Lipinski definition) is 3. The van der Waals surface area contributed by atoms with Gasteiger partial charge in [-0.15, -0.1) is 10.2 Å². The van der Waals surface area contributed by atoms with E-state index < -0.39 is 0 Å². The third-order valence-corrected chi connectivity index (χ3v) is 3.39. The Morgan fingerprint density at radius 3 is 2.81 bits per heavy atom. The van der Waals surface area contributed by atoms with E-state index in [-0.39, 0.29) is 0 Å². The Hall–Kier alpha value is -0.830. The van der Waals surface area contributed by atoms with Crippen molar-refractivity contribution >= 4 is 17.4 Å². The van der Waals surface area contributed by atoms with Crippen LogP contribution in [0.5, 0.6) is 0 Å². The number of anilines is 1. The van der Waals surface area contributed by atoms with Gasteiger partial charge >= 0.3 is 0 Å². The number of nitrogens with zero attached hydrogens (tertiary/aromatic N) is 2. The van der Waals surface area contributed by atoms with Crippen molar-refractivity contribution in [2.75, 3.05) is 5.32 Å². The Balaban J connectivity index is 1.97. The molecule has 0 saturated heterocycles. The summed E-state index contributed by atoms with van der Waals surface area (Å²) in [7, 11) is 0. The summed E-state index contributed by atoms with van der Waals surface area (Å²) in [5, 5.41) is 11.7. The largest absolute Gasteiger partial charge is 0.366 e. The molecule has 1 unspecified atom stereocenters. The average Bonchev–Trinajstić information content (AvgIpc) is 2.20. The lowest BCUT2D eigenvalue weighted by Gasteiger charge is -2.35. The first kappa shape index (κ1) is 11.6. The summed E-state index contributed by atoms with van der Waals surface area (Å²) in [5.41, 5.74) is 0.440. The molecule has 16 heavy (non-hydrogen) atoms. The molecule has 0 radical (unpaired) electrons. The number of halogens is 1. The summed E-state index contributed by atoms with van der Waals surface area (Å²) < 4.78 is 0. The van der Waals surface area contributed by atoms with Gasteiger partial charge in [-0.3, -0.25) is 0 Å². The van der Waals surface area contributed by atoms with Gasteiger partial charge in [-0.2, -0.15) is 0 Å². The highest BCUT2D eigenvalue weighted by Crippen LogP contribution is 2.36. The van der Waals surface area contributed by atoms with Crippen LogP contribution in [0, 0.1) is 5.41 Å². The van der Waals surface area contributed by atoms with Crippen LogP contribution in [0.3, 0.4) is 0 Å². The van der Waals surface area contributed by atoms with Crippen molar-refractivity contribution in [3.63, 3.8) is 0 Å². The van der Waals surface area contributed by atoms with Crippen LogP contribution >= 0.6 is 11.6 Å². The van der Waals surface area contributed by atoms with Crippen molar-refractivity contribution in [2.45, 2.75) is 45.6 Å². The van der Waals surface area contributed by atoms with Crippen LogP contribution in [0.2, 0.25) is 5.15 Å². The summed E-state index contributed by atoms with van der Waals surface area (Å²) >= 11 is 5.70. The van der Waals surface area contributed by atoms with Crippen LogP contribution in [0.4, 0.5) is 5.82 Å². The fraction of sp³-hybridized carbons (Fsp3) is 0.667. The minimum Gasteiger partial charge on any atom is -0.366 e. The third-order valence-electron chi connectivity index (χ3n) is 3.19. The zero-order valence-electron chi connectivity index (χ0n) is 9.83. The fourth-order valence-electron chi connectivity index (χ4n) is 2.42. The van der Waals surface area contributed by atoms with E-state index in [1.807, 2.05) is 6.07 Å². The van der Waals surface area contributed by atoms with Crippen LogP contribution < -0.4 is 5.32 Å². The smallest absolute Gasteiger partial charge is 0.151 e. The van der Waals surface area contributed by atoms with Gasteiger partial charge in [0.2, 0.25) is 0 Å². The molecular weight excluding hydrogens is 222 g/mol. The molecule has 4 heteroatoms. The Morgan fingerprint density at radius 2 is 2.19 bits per heavy atom. The van der Waals surface area contributed by atoms with Gasteiger partial charge in [-0.1, -0.05) is 31.9 Å². The maximum absolute atomic E-state index is 5.70. The van der Waals surface area contributed by atoms with E-state index in [1.54, 1.807) is 6.07 Å². The van der Waals surface area contributed by atoms with E-state index in [1.165, 1.54) is 25.7 Å². The molecule has 1 aliphatic rings. The highest BCUT2D eigenvalue weighted by molar-refractivity contribution is 6.29. The first-order valence-electron chi connectivity index (χ1n) is 5.81. The zero-order chi connectivity index (χ0) is 11.6. The second-order valence-electron chi connectivity index (χ2n) is 5.34. The molecule has 2 rings (SSSR count). The Bertz CT molecular complexity index is 348. The van der Waals surface area contributed by atoms with Gasteiger partial charge in [-0.25, -0.2) is 0 Å². The standard InChI is InChI=1S/C12H18ClN3/c1-12(2)7-3-4-9(8-12)14-11-6-5-10(13)15-16-11/h5-6,9H,3-4,7-8H2,1-2H3,(H,14,16). The van der Waals surface area contributed by atoms with E-state index in [0.717, 1.165) is 5.82 Å². The molecule has 1 saturated carbocycles. The molecule has 1 aliphatic carbocycles. The normalized spacial score (nSPS) is 24.1. The van der Waals surface area contributed by atoms with Crippen LogP contribution in [0.25, 0.3) is 0 Å². The summed E-state index contributed by atoms with van der Waals surface area (Å²) in [6.45, 7) is 4.66. The lowest BCUT2D eigenvalue weighted by atomic mass is 9.75. The second-order valence-corrected chi connectivity index (χ2v) is 5.73. The SMILES string of the molecule is CC1(C)CCCC(Nc2ccc(Cl)nn2)C1. The van der Waals surface area contributed by atoms with Gasteiger partial charge < -0.3 is 5.32 Å². The van der Waals surface area contributed by atoms with E-state index in [2.05, 4.69) is 29.4 Å². The molecular formula is C12H18ClN3. The van der Waals surface area contributed by atoms with Gasteiger partial charge in [0.05, 0.1) is 0 Å². The average molecular weight is 240 g/mol. The van der Waals surface area contributed by atoms with Crippen LogP contribution in [-0.2, 0) is 0 Å². The maximum Gasteiger partial charge on any atom is 0.151 e. The zero-order valence-corrected chi connectivity index (χ0v) is 10.6. The number of rotatable bonds is 2. The molecule has 1 aromatic rings. The van der Waals surface area contributed by atoms with Crippen molar-refractivity contribution in [3.8, 4) is 0 Å². The molecule has 1 atom stereocenters. The Labute approximate surface area is 102 Å². The molecule has 1 N–H and O–H groups in total. The summed E-state index contributed by atoms with van der Waals surface area (Å²) in [6, 6.07) is 4.17. The molecule has 0 spiro atoms. The van der Waals surface area contributed by atoms with Crippen molar-refractivity contribution in [1.29, 1.82) is 0 Å². The summed E-state index contributed by atoms with van der Waals surface area (Å²) in [4.78, 5) is 0. The van der Waals surface area contributed by atoms with Crippen molar-refractivity contribution < 1.29 is 0 Å². The van der Waals surface area contributed by atoms with E-state index >= 15 is 0 Å². The molecule has 0 aliphatic heterocycles. The molecule has 3 nitrogen and oxygen atoms in total. The first-order chi connectivity index (χ1) is 7.55. The van der Waals surface area contributed by atoms with Gasteiger partial charge in [0, 0.05) is 6.04 Å². The Morgan fingerprint density at radius 1 is 1.38 bits per heavy atom. The quantitative estimate of drug-likeness (QED) is 0.858. The number of hydrogen-bond donors (Lipinski definition) is 1.